The lowest BCUT2D eigenvalue weighted by atomic mass is 9.97. The standard InChI is InChI=1S/C11H13NO2/c1-7-5-8-3-4-12-11(13)9(8)6-10(7)14-2/h5-6H,3-4H2,1-2H3,(H,12,13). The first-order chi connectivity index (χ1) is 6.72. The minimum Gasteiger partial charge on any atom is -0.496 e. The van der Waals surface area contributed by atoms with Gasteiger partial charge in [-0.25, -0.2) is 0 Å². The average Bonchev–Trinajstić information content (AvgIpc) is 2.17. The Bertz CT molecular complexity index is 385. The van der Waals surface area contributed by atoms with Crippen LogP contribution in [-0.2, 0) is 6.42 Å². The van der Waals surface area contributed by atoms with Crippen LogP contribution in [0.4, 0.5) is 0 Å². The third kappa shape index (κ3) is 1.35. The maximum atomic E-state index is 11.5. The van der Waals surface area contributed by atoms with Crippen LogP contribution < -0.4 is 10.1 Å². The summed E-state index contributed by atoms with van der Waals surface area (Å²) in [6.45, 7) is 2.73. The second kappa shape index (κ2) is 3.33. The Hall–Kier alpha value is -1.51. The zero-order valence-electron chi connectivity index (χ0n) is 8.39. The Labute approximate surface area is 83.1 Å². The van der Waals surface area contributed by atoms with E-state index in [1.165, 1.54) is 0 Å². The number of rotatable bonds is 1. The molecule has 1 aliphatic heterocycles. The van der Waals surface area contributed by atoms with E-state index >= 15 is 0 Å². The summed E-state index contributed by atoms with van der Waals surface area (Å²) in [6.07, 6.45) is 0.909. The van der Waals surface area contributed by atoms with Crippen molar-refractivity contribution in [3.63, 3.8) is 0 Å². The molecule has 1 heterocycles. The van der Waals surface area contributed by atoms with E-state index in [9.17, 15) is 4.79 Å². The van der Waals surface area contributed by atoms with Crippen molar-refractivity contribution in [1.29, 1.82) is 0 Å². The summed E-state index contributed by atoms with van der Waals surface area (Å²) in [5.74, 6) is 0.783. The molecule has 0 bridgehead atoms. The minimum atomic E-state index is 0.00421. The number of carbonyl (C=O) groups excluding carboxylic acids is 1. The number of carbonyl (C=O) groups is 1. The molecule has 0 saturated heterocycles. The molecule has 0 spiro atoms. The normalized spacial score (nSPS) is 14.6. The van der Waals surface area contributed by atoms with E-state index in [0.29, 0.717) is 0 Å². The molecule has 1 aromatic carbocycles. The van der Waals surface area contributed by atoms with E-state index in [4.69, 9.17) is 4.74 Å². The maximum absolute atomic E-state index is 11.5. The molecule has 3 nitrogen and oxygen atoms in total. The summed E-state index contributed by atoms with van der Waals surface area (Å²) in [7, 11) is 1.62. The second-order valence-electron chi connectivity index (χ2n) is 3.48. The SMILES string of the molecule is COc1cc2c(cc1C)CCNC2=O. The van der Waals surface area contributed by atoms with E-state index in [1.54, 1.807) is 7.11 Å². The van der Waals surface area contributed by atoms with Crippen molar-refractivity contribution >= 4 is 5.91 Å². The summed E-state index contributed by atoms with van der Waals surface area (Å²) in [6, 6.07) is 3.85. The molecule has 0 unspecified atom stereocenters. The number of ether oxygens (including phenoxy) is 1. The molecule has 14 heavy (non-hydrogen) atoms. The van der Waals surface area contributed by atoms with Crippen LogP contribution in [0.1, 0.15) is 21.5 Å². The molecule has 0 atom stereocenters. The third-order valence-electron chi connectivity index (χ3n) is 2.55. The first kappa shape index (κ1) is 9.06. The molecule has 0 fully saturated rings. The van der Waals surface area contributed by atoms with Crippen LogP contribution in [0.5, 0.6) is 5.75 Å². The van der Waals surface area contributed by atoms with Crippen LogP contribution in [0.25, 0.3) is 0 Å². The molecule has 0 aliphatic carbocycles. The fraction of sp³-hybridized carbons (Fsp3) is 0.364. The van der Waals surface area contributed by atoms with Crippen LogP contribution in [0.15, 0.2) is 12.1 Å². The largest absolute Gasteiger partial charge is 0.496 e. The molecule has 74 valence electrons. The number of fused-ring (bicyclic) bond motifs is 1. The topological polar surface area (TPSA) is 38.3 Å². The van der Waals surface area contributed by atoms with E-state index in [1.807, 2.05) is 19.1 Å². The summed E-state index contributed by atoms with van der Waals surface area (Å²) in [5.41, 5.74) is 2.95. The van der Waals surface area contributed by atoms with Crippen molar-refractivity contribution in [3.05, 3.63) is 28.8 Å². The fourth-order valence-electron chi connectivity index (χ4n) is 1.79. The summed E-state index contributed by atoms with van der Waals surface area (Å²) in [4.78, 5) is 11.5. The highest BCUT2D eigenvalue weighted by atomic mass is 16.5. The number of aryl methyl sites for hydroxylation is 1. The Morgan fingerprint density at radius 2 is 2.21 bits per heavy atom. The molecule has 1 aromatic rings. The van der Waals surface area contributed by atoms with Gasteiger partial charge in [-0.15, -0.1) is 0 Å². The summed E-state index contributed by atoms with van der Waals surface area (Å²) in [5, 5.41) is 2.81. The van der Waals surface area contributed by atoms with Crippen molar-refractivity contribution in [1.82, 2.24) is 5.32 Å². The summed E-state index contributed by atoms with van der Waals surface area (Å²) >= 11 is 0. The zero-order chi connectivity index (χ0) is 10.1. The van der Waals surface area contributed by atoms with Gasteiger partial charge in [-0.1, -0.05) is 6.07 Å². The zero-order valence-corrected chi connectivity index (χ0v) is 8.39. The van der Waals surface area contributed by atoms with Crippen molar-refractivity contribution < 1.29 is 9.53 Å². The van der Waals surface area contributed by atoms with Gasteiger partial charge >= 0.3 is 0 Å². The Balaban J connectivity index is 2.54. The molecule has 1 amide bonds. The van der Waals surface area contributed by atoms with Crippen molar-refractivity contribution in [2.24, 2.45) is 0 Å². The van der Waals surface area contributed by atoms with E-state index in [-0.39, 0.29) is 5.91 Å². The van der Waals surface area contributed by atoms with Crippen LogP contribution in [0, 0.1) is 6.92 Å². The van der Waals surface area contributed by atoms with Gasteiger partial charge < -0.3 is 10.1 Å². The van der Waals surface area contributed by atoms with Gasteiger partial charge in [0.25, 0.3) is 5.91 Å². The molecule has 0 saturated carbocycles. The van der Waals surface area contributed by atoms with Crippen LogP contribution in [0.3, 0.4) is 0 Å². The van der Waals surface area contributed by atoms with Gasteiger partial charge in [0, 0.05) is 12.1 Å². The number of nitrogens with one attached hydrogen (secondary N) is 1. The van der Waals surface area contributed by atoms with Gasteiger partial charge in [-0.3, -0.25) is 4.79 Å². The predicted molar refractivity (Wildman–Crippen MR) is 53.8 cm³/mol. The quantitative estimate of drug-likeness (QED) is 0.726. The van der Waals surface area contributed by atoms with Crippen molar-refractivity contribution in [2.75, 3.05) is 13.7 Å². The highest BCUT2D eigenvalue weighted by Crippen LogP contribution is 2.24. The molecule has 0 aromatic heterocycles. The fourth-order valence-corrected chi connectivity index (χ4v) is 1.79. The van der Waals surface area contributed by atoms with E-state index < -0.39 is 0 Å². The lowest BCUT2D eigenvalue weighted by molar-refractivity contribution is 0.0945. The Morgan fingerprint density at radius 3 is 2.93 bits per heavy atom. The predicted octanol–water partition coefficient (Wildman–Crippen LogP) is 1.29. The van der Waals surface area contributed by atoms with Crippen LogP contribution >= 0.6 is 0 Å². The van der Waals surface area contributed by atoms with Crippen molar-refractivity contribution in [3.8, 4) is 5.75 Å². The van der Waals surface area contributed by atoms with Gasteiger partial charge in [0.15, 0.2) is 0 Å². The van der Waals surface area contributed by atoms with Gasteiger partial charge in [0.05, 0.1) is 7.11 Å². The number of hydrogen-bond donors (Lipinski definition) is 1. The van der Waals surface area contributed by atoms with Crippen LogP contribution in [0.2, 0.25) is 0 Å². The monoisotopic (exact) mass is 191 g/mol. The number of methoxy groups -OCH3 is 1. The van der Waals surface area contributed by atoms with Crippen molar-refractivity contribution in [2.45, 2.75) is 13.3 Å². The lowest BCUT2D eigenvalue weighted by Gasteiger charge is -2.18. The van der Waals surface area contributed by atoms with Gasteiger partial charge in [0.2, 0.25) is 0 Å². The molecule has 3 heteroatoms. The van der Waals surface area contributed by atoms with E-state index in [0.717, 1.165) is 35.4 Å². The number of amides is 1. The minimum absolute atomic E-state index is 0.00421. The third-order valence-corrected chi connectivity index (χ3v) is 2.55. The average molecular weight is 191 g/mol. The van der Waals surface area contributed by atoms with Gasteiger partial charge in [-0.05, 0) is 30.5 Å². The number of hydrogen-bond acceptors (Lipinski definition) is 2. The molecule has 1 aliphatic rings. The number of benzene rings is 1. The second-order valence-corrected chi connectivity index (χ2v) is 3.48. The highest BCUT2D eigenvalue weighted by Gasteiger charge is 2.18. The van der Waals surface area contributed by atoms with E-state index in [2.05, 4.69) is 5.32 Å². The molecule has 2 rings (SSSR count). The highest BCUT2D eigenvalue weighted by molar-refractivity contribution is 5.97. The molecule has 1 N–H and O–H groups in total. The summed E-state index contributed by atoms with van der Waals surface area (Å²) < 4.78 is 5.18. The Kier molecular flexibility index (Phi) is 2.15. The molecular formula is C11H13NO2. The van der Waals surface area contributed by atoms with Gasteiger partial charge in [-0.2, -0.15) is 0 Å². The molecule has 0 radical (unpaired) electrons. The smallest absolute Gasteiger partial charge is 0.251 e. The maximum Gasteiger partial charge on any atom is 0.251 e. The Morgan fingerprint density at radius 1 is 1.43 bits per heavy atom. The van der Waals surface area contributed by atoms with Gasteiger partial charge in [0.1, 0.15) is 5.75 Å². The lowest BCUT2D eigenvalue weighted by Crippen LogP contribution is -2.31. The first-order valence-electron chi connectivity index (χ1n) is 4.68. The molecular weight excluding hydrogens is 178 g/mol. The van der Waals surface area contributed by atoms with Crippen LogP contribution in [-0.4, -0.2) is 19.6 Å². The first-order valence-corrected chi connectivity index (χ1v) is 4.68.